The van der Waals surface area contributed by atoms with Crippen molar-refractivity contribution in [3.63, 3.8) is 0 Å². The molecule has 3 N–H and O–H groups in total. The summed E-state index contributed by atoms with van der Waals surface area (Å²) in [5.41, 5.74) is 0.741. The van der Waals surface area contributed by atoms with Crippen LogP contribution in [0.4, 0.5) is 14.0 Å². The summed E-state index contributed by atoms with van der Waals surface area (Å²) < 4.78 is 24.8. The van der Waals surface area contributed by atoms with Crippen LogP contribution in [-0.2, 0) is 9.47 Å². The predicted molar refractivity (Wildman–Crippen MR) is 137 cm³/mol. The van der Waals surface area contributed by atoms with E-state index >= 15 is 0 Å². The number of methoxy groups -OCH3 is 1. The second kappa shape index (κ2) is 15.0. The Kier molecular flexibility index (Phi) is 11.7. The molecule has 0 spiro atoms. The molecule has 1 aliphatic heterocycles. The second-order valence-electron chi connectivity index (χ2n) is 10.1. The number of carbonyl (C=O) groups excluding carboxylic acids is 2. The molecule has 0 radical (unpaired) electrons. The Morgan fingerprint density at radius 3 is 2.69 bits per heavy atom. The Labute approximate surface area is 214 Å². The van der Waals surface area contributed by atoms with Crippen LogP contribution < -0.4 is 16.0 Å². The zero-order chi connectivity index (χ0) is 25.8. The van der Waals surface area contributed by atoms with Crippen molar-refractivity contribution in [2.45, 2.75) is 63.5 Å². The predicted octanol–water partition coefficient (Wildman–Crippen LogP) is 4.22. The van der Waals surface area contributed by atoms with Gasteiger partial charge in [-0.15, -0.1) is 0 Å². The molecule has 3 amide bonds. The standard InChI is InChI=1S/C27H43FN4O4/c1-29-18-24(16-20-8-4-3-5-9-20)31-26(33)32-14-7-11-22(19-32)25(21-10-6-12-23(28)17-21)36-15-13-30-27(34)35-2/h6,10,12,17,20,22,24-25,29H,3-5,7-9,11,13-16,18-19H2,1-2H3,(H,30,34)(H,31,33)/t22-,24+,25+/m1/s1. The van der Waals surface area contributed by atoms with Crippen LogP contribution in [0.1, 0.15) is 63.0 Å². The lowest BCUT2D eigenvalue weighted by atomic mass is 9.85. The molecule has 1 aromatic carbocycles. The number of hydrogen-bond acceptors (Lipinski definition) is 5. The fourth-order valence-corrected chi connectivity index (χ4v) is 5.57. The molecule has 0 aromatic heterocycles. The molecule has 1 aromatic rings. The van der Waals surface area contributed by atoms with Gasteiger partial charge in [-0.1, -0.05) is 44.2 Å². The topological polar surface area (TPSA) is 91.9 Å². The van der Waals surface area contributed by atoms with Crippen LogP contribution in [0, 0.1) is 17.7 Å². The average Bonchev–Trinajstić information content (AvgIpc) is 2.89. The SMILES string of the molecule is CNC[C@H](CC1CCCCC1)NC(=O)N1CCC[C@@H]([C@@H](OCCNC(=O)OC)c2cccc(F)c2)C1. The van der Waals surface area contributed by atoms with Crippen molar-refractivity contribution in [3.8, 4) is 0 Å². The van der Waals surface area contributed by atoms with E-state index in [9.17, 15) is 14.0 Å². The first-order valence-corrected chi connectivity index (χ1v) is 13.4. The largest absolute Gasteiger partial charge is 0.453 e. The third-order valence-corrected chi connectivity index (χ3v) is 7.33. The average molecular weight is 507 g/mol. The molecular formula is C27H43FN4O4. The first-order valence-electron chi connectivity index (χ1n) is 13.4. The van der Waals surface area contributed by atoms with E-state index in [1.54, 1.807) is 6.07 Å². The monoisotopic (exact) mass is 506 g/mol. The van der Waals surface area contributed by atoms with E-state index in [0.717, 1.165) is 31.4 Å². The molecule has 3 rings (SSSR count). The van der Waals surface area contributed by atoms with Gasteiger partial charge in [-0.3, -0.25) is 0 Å². The van der Waals surface area contributed by atoms with Crippen LogP contribution in [0.2, 0.25) is 0 Å². The Morgan fingerprint density at radius 1 is 1.17 bits per heavy atom. The number of urea groups is 1. The zero-order valence-electron chi connectivity index (χ0n) is 21.8. The molecule has 202 valence electrons. The molecule has 1 heterocycles. The molecule has 1 saturated heterocycles. The van der Waals surface area contributed by atoms with E-state index in [1.807, 2.05) is 18.0 Å². The van der Waals surface area contributed by atoms with Crippen LogP contribution in [0.25, 0.3) is 0 Å². The van der Waals surface area contributed by atoms with Crippen molar-refractivity contribution in [1.82, 2.24) is 20.9 Å². The molecule has 0 bridgehead atoms. The summed E-state index contributed by atoms with van der Waals surface area (Å²) in [6.45, 7) is 2.51. The van der Waals surface area contributed by atoms with E-state index in [2.05, 4.69) is 20.7 Å². The lowest BCUT2D eigenvalue weighted by Crippen LogP contribution is -2.52. The maximum atomic E-state index is 14.0. The minimum atomic E-state index is -0.522. The number of nitrogens with zero attached hydrogens (tertiary/aromatic N) is 1. The number of ether oxygens (including phenoxy) is 2. The summed E-state index contributed by atoms with van der Waals surface area (Å²) in [7, 11) is 3.23. The van der Waals surface area contributed by atoms with Gasteiger partial charge in [-0.25, -0.2) is 14.0 Å². The first kappa shape index (κ1) is 28.2. The van der Waals surface area contributed by atoms with Gasteiger partial charge in [0.2, 0.25) is 0 Å². The van der Waals surface area contributed by atoms with Crippen molar-refractivity contribution in [2.24, 2.45) is 11.8 Å². The van der Waals surface area contributed by atoms with Gasteiger partial charge in [-0.05, 0) is 49.9 Å². The number of carbonyl (C=O) groups is 2. The molecule has 1 saturated carbocycles. The van der Waals surface area contributed by atoms with Crippen molar-refractivity contribution >= 4 is 12.1 Å². The normalized spacial score (nSPS) is 20.4. The van der Waals surface area contributed by atoms with Crippen LogP contribution in [-0.4, -0.2) is 70.0 Å². The quantitative estimate of drug-likeness (QED) is 0.391. The van der Waals surface area contributed by atoms with Gasteiger partial charge in [0.15, 0.2) is 0 Å². The lowest BCUT2D eigenvalue weighted by molar-refractivity contribution is -0.00880. The summed E-state index contributed by atoms with van der Waals surface area (Å²) in [6, 6.07) is 6.49. The minimum absolute atomic E-state index is 0.0190. The van der Waals surface area contributed by atoms with Crippen LogP contribution in [0.3, 0.4) is 0 Å². The van der Waals surface area contributed by atoms with E-state index in [1.165, 1.54) is 51.3 Å². The van der Waals surface area contributed by atoms with Gasteiger partial charge in [0.1, 0.15) is 5.82 Å². The summed E-state index contributed by atoms with van der Waals surface area (Å²) >= 11 is 0. The number of rotatable bonds is 11. The Bertz CT molecular complexity index is 821. The van der Waals surface area contributed by atoms with Crippen LogP contribution in [0.5, 0.6) is 0 Å². The van der Waals surface area contributed by atoms with Crippen molar-refractivity contribution in [2.75, 3.05) is 46.9 Å². The number of likely N-dealkylation sites (N-methyl/N-ethyl adjacent to an activating group) is 1. The fourth-order valence-electron chi connectivity index (χ4n) is 5.57. The molecule has 0 unspecified atom stereocenters. The first-order chi connectivity index (χ1) is 17.5. The molecule has 9 heteroatoms. The van der Waals surface area contributed by atoms with Gasteiger partial charge in [0, 0.05) is 38.1 Å². The summed E-state index contributed by atoms with van der Waals surface area (Å²) in [5, 5.41) is 9.12. The highest BCUT2D eigenvalue weighted by Gasteiger charge is 2.32. The second-order valence-corrected chi connectivity index (χ2v) is 10.1. The van der Waals surface area contributed by atoms with Crippen LogP contribution in [0.15, 0.2) is 24.3 Å². The third-order valence-electron chi connectivity index (χ3n) is 7.33. The Hall–Kier alpha value is -2.39. The summed E-state index contributed by atoms with van der Waals surface area (Å²) in [4.78, 5) is 26.5. The van der Waals surface area contributed by atoms with Crippen molar-refractivity contribution in [3.05, 3.63) is 35.6 Å². The fraction of sp³-hybridized carbons (Fsp3) is 0.704. The number of piperidine rings is 1. The number of alkyl carbamates (subject to hydrolysis) is 1. The number of amides is 3. The van der Waals surface area contributed by atoms with E-state index in [-0.39, 0.29) is 43.1 Å². The molecule has 2 fully saturated rings. The van der Waals surface area contributed by atoms with E-state index < -0.39 is 6.09 Å². The highest BCUT2D eigenvalue weighted by Crippen LogP contribution is 2.33. The molecule has 8 nitrogen and oxygen atoms in total. The molecular weight excluding hydrogens is 463 g/mol. The highest BCUT2D eigenvalue weighted by molar-refractivity contribution is 5.74. The van der Waals surface area contributed by atoms with Gasteiger partial charge in [0.25, 0.3) is 0 Å². The van der Waals surface area contributed by atoms with E-state index in [4.69, 9.17) is 4.74 Å². The van der Waals surface area contributed by atoms with E-state index in [0.29, 0.717) is 19.0 Å². The maximum Gasteiger partial charge on any atom is 0.406 e. The highest BCUT2D eigenvalue weighted by atomic mass is 19.1. The maximum absolute atomic E-state index is 14.0. The van der Waals surface area contributed by atoms with Crippen LogP contribution >= 0.6 is 0 Å². The van der Waals surface area contributed by atoms with Crippen molar-refractivity contribution < 1.29 is 23.5 Å². The number of halogens is 1. The Morgan fingerprint density at radius 2 is 1.97 bits per heavy atom. The molecule has 3 atom stereocenters. The van der Waals surface area contributed by atoms with Gasteiger partial charge in [0.05, 0.1) is 19.8 Å². The minimum Gasteiger partial charge on any atom is -0.453 e. The van der Waals surface area contributed by atoms with Gasteiger partial charge in [-0.2, -0.15) is 0 Å². The molecule has 36 heavy (non-hydrogen) atoms. The number of hydrogen-bond donors (Lipinski definition) is 3. The third kappa shape index (κ3) is 8.92. The number of likely N-dealkylation sites (tertiary alicyclic amines) is 1. The van der Waals surface area contributed by atoms with Gasteiger partial charge >= 0.3 is 12.1 Å². The zero-order valence-corrected chi connectivity index (χ0v) is 21.8. The van der Waals surface area contributed by atoms with Gasteiger partial charge < -0.3 is 30.3 Å². The molecule has 2 aliphatic rings. The molecule has 1 aliphatic carbocycles. The van der Waals surface area contributed by atoms with Crippen molar-refractivity contribution in [1.29, 1.82) is 0 Å². The summed E-state index contributed by atoms with van der Waals surface area (Å²) in [5.74, 6) is 0.373. The summed E-state index contributed by atoms with van der Waals surface area (Å²) in [6.07, 6.45) is 8.22. The Balaban J connectivity index is 1.62. The lowest BCUT2D eigenvalue weighted by Gasteiger charge is -2.38. The number of nitrogens with one attached hydrogen (secondary N) is 3. The number of benzene rings is 1. The smallest absolute Gasteiger partial charge is 0.406 e.